The predicted octanol–water partition coefficient (Wildman–Crippen LogP) is 5.16. The molecule has 1 unspecified atom stereocenters. The number of halogens is 3. The molecule has 2 rings (SSSR count). The van der Waals surface area contributed by atoms with E-state index >= 15 is 0 Å². The third-order valence-corrected chi connectivity index (χ3v) is 4.53. The van der Waals surface area contributed by atoms with Gasteiger partial charge in [-0.1, -0.05) is 55.6 Å². The van der Waals surface area contributed by atoms with Crippen LogP contribution < -0.4 is 5.32 Å². The Kier molecular flexibility index (Phi) is 5.35. The zero-order chi connectivity index (χ0) is 14.7. The van der Waals surface area contributed by atoms with Crippen molar-refractivity contribution in [1.82, 2.24) is 5.32 Å². The lowest BCUT2D eigenvalue weighted by Gasteiger charge is -2.19. The van der Waals surface area contributed by atoms with Gasteiger partial charge < -0.3 is 5.32 Å². The Morgan fingerprint density at radius 2 is 1.90 bits per heavy atom. The molecule has 0 saturated carbocycles. The standard InChI is InChI=1S/C16H16Br2FN/c1-10-3-6-14(18)13(7-10)16(20-2)8-11-4-5-12(17)9-15(11)19/h3-7,9,16,20H,8H2,1-2H3. The molecule has 0 amide bonds. The Bertz CT molecular complexity index is 613. The van der Waals surface area contributed by atoms with E-state index in [0.717, 1.165) is 14.5 Å². The number of hydrogen-bond acceptors (Lipinski definition) is 1. The Labute approximate surface area is 135 Å². The minimum absolute atomic E-state index is 0.0694. The second-order valence-electron chi connectivity index (χ2n) is 4.81. The first-order valence-corrected chi connectivity index (χ1v) is 7.97. The van der Waals surface area contributed by atoms with E-state index in [-0.39, 0.29) is 11.9 Å². The van der Waals surface area contributed by atoms with Crippen molar-refractivity contribution in [2.75, 3.05) is 7.05 Å². The average Bonchev–Trinajstić information content (AvgIpc) is 2.41. The van der Waals surface area contributed by atoms with E-state index in [9.17, 15) is 4.39 Å². The van der Waals surface area contributed by atoms with Crippen LogP contribution in [0.3, 0.4) is 0 Å². The minimum Gasteiger partial charge on any atom is -0.313 e. The van der Waals surface area contributed by atoms with Crippen LogP contribution in [0, 0.1) is 12.7 Å². The molecule has 0 bridgehead atoms. The van der Waals surface area contributed by atoms with Crippen LogP contribution in [-0.4, -0.2) is 7.05 Å². The summed E-state index contributed by atoms with van der Waals surface area (Å²) in [6, 6.07) is 11.5. The van der Waals surface area contributed by atoms with Gasteiger partial charge in [-0.25, -0.2) is 4.39 Å². The highest BCUT2D eigenvalue weighted by atomic mass is 79.9. The normalized spacial score (nSPS) is 12.4. The Hall–Kier alpha value is -0.710. The monoisotopic (exact) mass is 399 g/mol. The fourth-order valence-corrected chi connectivity index (χ4v) is 3.06. The smallest absolute Gasteiger partial charge is 0.127 e. The van der Waals surface area contributed by atoms with Crippen LogP contribution in [0.25, 0.3) is 0 Å². The topological polar surface area (TPSA) is 12.0 Å². The van der Waals surface area contributed by atoms with Gasteiger partial charge in [0.15, 0.2) is 0 Å². The Balaban J connectivity index is 2.31. The fourth-order valence-electron chi connectivity index (χ4n) is 2.20. The molecular formula is C16H16Br2FN. The van der Waals surface area contributed by atoms with Crippen LogP contribution >= 0.6 is 31.9 Å². The van der Waals surface area contributed by atoms with Crippen LogP contribution in [0.2, 0.25) is 0 Å². The zero-order valence-corrected chi connectivity index (χ0v) is 14.6. The predicted molar refractivity (Wildman–Crippen MR) is 88.5 cm³/mol. The molecular weight excluding hydrogens is 385 g/mol. The van der Waals surface area contributed by atoms with Gasteiger partial charge in [-0.3, -0.25) is 0 Å². The van der Waals surface area contributed by atoms with Crippen molar-refractivity contribution < 1.29 is 4.39 Å². The summed E-state index contributed by atoms with van der Waals surface area (Å²) in [6.07, 6.45) is 0.609. The SMILES string of the molecule is CNC(Cc1ccc(Br)cc1F)c1cc(C)ccc1Br. The van der Waals surface area contributed by atoms with Gasteiger partial charge in [0, 0.05) is 15.0 Å². The highest BCUT2D eigenvalue weighted by Gasteiger charge is 2.15. The lowest BCUT2D eigenvalue weighted by atomic mass is 9.97. The average molecular weight is 401 g/mol. The highest BCUT2D eigenvalue weighted by Crippen LogP contribution is 2.28. The van der Waals surface area contributed by atoms with E-state index in [2.05, 4.69) is 56.2 Å². The lowest BCUT2D eigenvalue weighted by molar-refractivity contribution is 0.552. The van der Waals surface area contributed by atoms with Gasteiger partial charge >= 0.3 is 0 Å². The van der Waals surface area contributed by atoms with E-state index < -0.39 is 0 Å². The lowest BCUT2D eigenvalue weighted by Crippen LogP contribution is -2.20. The number of rotatable bonds is 4. The third-order valence-electron chi connectivity index (χ3n) is 3.31. The van der Waals surface area contributed by atoms with Crippen LogP contribution in [-0.2, 0) is 6.42 Å². The molecule has 0 aliphatic carbocycles. The van der Waals surface area contributed by atoms with Crippen LogP contribution in [0.4, 0.5) is 4.39 Å². The molecule has 1 atom stereocenters. The van der Waals surface area contributed by atoms with E-state index in [0.29, 0.717) is 12.0 Å². The van der Waals surface area contributed by atoms with Crippen LogP contribution in [0.5, 0.6) is 0 Å². The highest BCUT2D eigenvalue weighted by molar-refractivity contribution is 9.10. The number of hydrogen-bond donors (Lipinski definition) is 1. The number of benzene rings is 2. The second-order valence-corrected chi connectivity index (χ2v) is 6.58. The van der Waals surface area contributed by atoms with Crippen molar-refractivity contribution >= 4 is 31.9 Å². The third kappa shape index (κ3) is 3.68. The van der Waals surface area contributed by atoms with E-state index in [4.69, 9.17) is 0 Å². The molecule has 1 nitrogen and oxygen atoms in total. The van der Waals surface area contributed by atoms with Gasteiger partial charge in [-0.15, -0.1) is 0 Å². The molecule has 0 aliphatic heterocycles. The van der Waals surface area contributed by atoms with Crippen LogP contribution in [0.1, 0.15) is 22.7 Å². The summed E-state index contributed by atoms with van der Waals surface area (Å²) >= 11 is 6.86. The molecule has 0 spiro atoms. The first-order valence-electron chi connectivity index (χ1n) is 6.38. The maximum absolute atomic E-state index is 14.0. The summed E-state index contributed by atoms with van der Waals surface area (Å²) in [5.41, 5.74) is 3.05. The maximum Gasteiger partial charge on any atom is 0.127 e. The van der Waals surface area contributed by atoms with E-state index in [1.165, 1.54) is 11.6 Å². The zero-order valence-electron chi connectivity index (χ0n) is 11.4. The van der Waals surface area contributed by atoms with Gasteiger partial charge in [-0.2, -0.15) is 0 Å². The fraction of sp³-hybridized carbons (Fsp3) is 0.250. The van der Waals surface area contributed by atoms with Crippen molar-refractivity contribution in [2.24, 2.45) is 0 Å². The molecule has 1 N–H and O–H groups in total. The molecule has 20 heavy (non-hydrogen) atoms. The molecule has 0 aromatic heterocycles. The minimum atomic E-state index is -0.177. The second kappa shape index (κ2) is 6.83. The molecule has 0 heterocycles. The van der Waals surface area contributed by atoms with E-state index in [1.807, 2.05) is 25.2 Å². The summed E-state index contributed by atoms with van der Waals surface area (Å²) in [7, 11) is 1.90. The summed E-state index contributed by atoms with van der Waals surface area (Å²) < 4.78 is 15.8. The van der Waals surface area contributed by atoms with Gasteiger partial charge in [0.2, 0.25) is 0 Å². The summed E-state index contributed by atoms with van der Waals surface area (Å²) in [6.45, 7) is 2.06. The molecule has 2 aromatic rings. The first kappa shape index (κ1) is 15.7. The first-order chi connectivity index (χ1) is 9.51. The molecule has 0 saturated heterocycles. The molecule has 2 aromatic carbocycles. The largest absolute Gasteiger partial charge is 0.313 e. The number of likely N-dealkylation sites (N-methyl/N-ethyl adjacent to an activating group) is 1. The van der Waals surface area contributed by atoms with Crippen molar-refractivity contribution in [1.29, 1.82) is 0 Å². The maximum atomic E-state index is 14.0. The summed E-state index contributed by atoms with van der Waals surface area (Å²) in [5.74, 6) is -0.177. The quantitative estimate of drug-likeness (QED) is 0.747. The van der Waals surface area contributed by atoms with E-state index in [1.54, 1.807) is 0 Å². The number of aryl methyl sites for hydroxylation is 1. The molecule has 0 fully saturated rings. The van der Waals surface area contributed by atoms with Gasteiger partial charge in [0.05, 0.1) is 0 Å². The van der Waals surface area contributed by atoms with Crippen molar-refractivity contribution in [3.8, 4) is 0 Å². The van der Waals surface area contributed by atoms with Gasteiger partial charge in [-0.05, 0) is 49.7 Å². The molecule has 106 valence electrons. The Morgan fingerprint density at radius 3 is 2.55 bits per heavy atom. The van der Waals surface area contributed by atoms with Crippen molar-refractivity contribution in [2.45, 2.75) is 19.4 Å². The van der Waals surface area contributed by atoms with Gasteiger partial charge in [0.25, 0.3) is 0 Å². The molecule has 4 heteroatoms. The van der Waals surface area contributed by atoms with Crippen LogP contribution in [0.15, 0.2) is 45.3 Å². The molecule has 0 aliphatic rings. The summed E-state index contributed by atoms with van der Waals surface area (Å²) in [5, 5.41) is 3.27. The van der Waals surface area contributed by atoms with Crippen molar-refractivity contribution in [3.63, 3.8) is 0 Å². The number of nitrogens with one attached hydrogen (secondary N) is 1. The molecule has 0 radical (unpaired) electrons. The summed E-state index contributed by atoms with van der Waals surface area (Å²) in [4.78, 5) is 0. The van der Waals surface area contributed by atoms with Crippen molar-refractivity contribution in [3.05, 3.63) is 67.9 Å². The van der Waals surface area contributed by atoms with Gasteiger partial charge in [0.1, 0.15) is 5.82 Å². The Morgan fingerprint density at radius 1 is 1.15 bits per heavy atom.